The van der Waals surface area contributed by atoms with Crippen LogP contribution < -0.4 is 0 Å². The first kappa shape index (κ1) is 14.6. The van der Waals surface area contributed by atoms with E-state index in [1.165, 1.54) is 0 Å². The molecule has 1 heterocycles. The molecule has 1 aromatic rings. The molecule has 0 saturated heterocycles. The lowest BCUT2D eigenvalue weighted by atomic mass is 10.0. The van der Waals surface area contributed by atoms with Gasteiger partial charge in [0.15, 0.2) is 0 Å². The molecule has 0 saturated carbocycles. The van der Waals surface area contributed by atoms with E-state index in [1.807, 2.05) is 6.92 Å². The second kappa shape index (κ2) is 5.91. The van der Waals surface area contributed by atoms with Gasteiger partial charge in [-0.15, -0.1) is 0 Å². The second-order valence-electron chi connectivity index (χ2n) is 5.31. The fraction of sp³-hybridized carbons (Fsp3) is 0.615. The van der Waals surface area contributed by atoms with E-state index in [0.717, 1.165) is 5.69 Å². The lowest BCUT2D eigenvalue weighted by Crippen LogP contribution is -2.44. The standard InChI is InChI=1S/C13H21N3O2/c1-10(11-9-14-6-7-15-11)16(13(2,3)4)8-5-12(17)18/h6-7,9-10H,5,8H2,1-4H3,(H,17,18). The molecule has 1 N–H and O–H groups in total. The third-order valence-corrected chi connectivity index (χ3v) is 2.91. The zero-order chi connectivity index (χ0) is 13.8. The van der Waals surface area contributed by atoms with Crippen LogP contribution in [0.15, 0.2) is 18.6 Å². The number of carboxylic acids is 1. The fourth-order valence-corrected chi connectivity index (χ4v) is 2.01. The molecule has 0 aliphatic carbocycles. The molecule has 5 nitrogen and oxygen atoms in total. The van der Waals surface area contributed by atoms with E-state index in [4.69, 9.17) is 5.11 Å². The Bertz CT molecular complexity index is 387. The summed E-state index contributed by atoms with van der Waals surface area (Å²) >= 11 is 0. The maximum Gasteiger partial charge on any atom is 0.304 e. The van der Waals surface area contributed by atoms with Gasteiger partial charge in [0.05, 0.1) is 18.2 Å². The van der Waals surface area contributed by atoms with Crippen molar-refractivity contribution in [3.05, 3.63) is 24.3 Å². The van der Waals surface area contributed by atoms with Crippen LogP contribution in [0.25, 0.3) is 0 Å². The van der Waals surface area contributed by atoms with Crippen molar-refractivity contribution in [1.29, 1.82) is 0 Å². The molecule has 0 amide bonds. The number of hydrogen-bond donors (Lipinski definition) is 1. The predicted octanol–water partition coefficient (Wildman–Crippen LogP) is 2.11. The average molecular weight is 251 g/mol. The van der Waals surface area contributed by atoms with Crippen molar-refractivity contribution >= 4 is 5.97 Å². The van der Waals surface area contributed by atoms with Crippen molar-refractivity contribution in [1.82, 2.24) is 14.9 Å². The lowest BCUT2D eigenvalue weighted by molar-refractivity contribution is -0.137. The van der Waals surface area contributed by atoms with Crippen molar-refractivity contribution in [2.45, 2.75) is 45.7 Å². The summed E-state index contributed by atoms with van der Waals surface area (Å²) in [7, 11) is 0. The maximum atomic E-state index is 10.7. The van der Waals surface area contributed by atoms with Gasteiger partial charge in [-0.1, -0.05) is 0 Å². The van der Waals surface area contributed by atoms with E-state index in [2.05, 4.69) is 35.6 Å². The van der Waals surface area contributed by atoms with Crippen molar-refractivity contribution in [3.63, 3.8) is 0 Å². The third-order valence-electron chi connectivity index (χ3n) is 2.91. The zero-order valence-electron chi connectivity index (χ0n) is 11.4. The van der Waals surface area contributed by atoms with Gasteiger partial charge in [-0.05, 0) is 27.7 Å². The summed E-state index contributed by atoms with van der Waals surface area (Å²) in [5.41, 5.74) is 0.740. The van der Waals surface area contributed by atoms with Crippen LogP contribution in [0.4, 0.5) is 0 Å². The largest absolute Gasteiger partial charge is 0.481 e. The second-order valence-corrected chi connectivity index (χ2v) is 5.31. The molecule has 1 atom stereocenters. The molecule has 1 unspecified atom stereocenters. The first-order chi connectivity index (χ1) is 8.32. The minimum Gasteiger partial charge on any atom is -0.481 e. The zero-order valence-corrected chi connectivity index (χ0v) is 11.4. The molecule has 100 valence electrons. The van der Waals surface area contributed by atoms with Crippen LogP contribution in [0, 0.1) is 0 Å². The van der Waals surface area contributed by atoms with Crippen molar-refractivity contribution in [3.8, 4) is 0 Å². The number of aliphatic carboxylic acids is 1. The highest BCUT2D eigenvalue weighted by atomic mass is 16.4. The van der Waals surface area contributed by atoms with Gasteiger partial charge in [-0.3, -0.25) is 19.7 Å². The summed E-state index contributed by atoms with van der Waals surface area (Å²) in [4.78, 5) is 21.2. The van der Waals surface area contributed by atoms with Gasteiger partial charge >= 0.3 is 5.97 Å². The molecule has 1 rings (SSSR count). The highest BCUT2D eigenvalue weighted by Gasteiger charge is 2.28. The normalized spacial score (nSPS) is 13.6. The lowest BCUT2D eigenvalue weighted by Gasteiger charge is -2.39. The molecule has 0 radical (unpaired) electrons. The van der Waals surface area contributed by atoms with E-state index in [1.54, 1.807) is 18.6 Å². The Kier molecular flexibility index (Phi) is 4.78. The van der Waals surface area contributed by atoms with Gasteiger partial charge < -0.3 is 5.11 Å². The van der Waals surface area contributed by atoms with Crippen LogP contribution in [-0.2, 0) is 4.79 Å². The molecule has 0 aliphatic rings. The van der Waals surface area contributed by atoms with Gasteiger partial charge in [0.2, 0.25) is 0 Å². The monoisotopic (exact) mass is 251 g/mol. The smallest absolute Gasteiger partial charge is 0.304 e. The van der Waals surface area contributed by atoms with E-state index in [9.17, 15) is 4.79 Å². The van der Waals surface area contributed by atoms with Gasteiger partial charge in [0.1, 0.15) is 0 Å². The molecule has 0 fully saturated rings. The van der Waals surface area contributed by atoms with E-state index in [-0.39, 0.29) is 18.0 Å². The van der Waals surface area contributed by atoms with Gasteiger partial charge in [-0.25, -0.2) is 0 Å². The van der Waals surface area contributed by atoms with Gasteiger partial charge in [-0.2, -0.15) is 0 Å². The molecular weight excluding hydrogens is 230 g/mol. The first-order valence-corrected chi connectivity index (χ1v) is 6.07. The summed E-state index contributed by atoms with van der Waals surface area (Å²) in [5, 5.41) is 8.83. The summed E-state index contributed by atoms with van der Waals surface area (Å²) in [6, 6.07) is 0.0399. The minimum absolute atomic E-state index is 0.0399. The maximum absolute atomic E-state index is 10.7. The molecule has 0 spiro atoms. The molecule has 0 bridgehead atoms. The van der Waals surface area contributed by atoms with Gasteiger partial charge in [0, 0.05) is 30.7 Å². The third kappa shape index (κ3) is 4.07. The molecule has 0 aromatic carbocycles. The Morgan fingerprint density at radius 2 is 2.11 bits per heavy atom. The number of nitrogens with zero attached hydrogens (tertiary/aromatic N) is 3. The summed E-state index contributed by atoms with van der Waals surface area (Å²) in [5.74, 6) is -0.782. The van der Waals surface area contributed by atoms with Crippen LogP contribution in [0.2, 0.25) is 0 Å². The van der Waals surface area contributed by atoms with Crippen molar-refractivity contribution in [2.75, 3.05) is 6.54 Å². The van der Waals surface area contributed by atoms with E-state index >= 15 is 0 Å². The summed E-state index contributed by atoms with van der Waals surface area (Å²) < 4.78 is 0. The number of aromatic nitrogens is 2. The Hall–Kier alpha value is -1.49. The molecule has 18 heavy (non-hydrogen) atoms. The number of hydrogen-bond acceptors (Lipinski definition) is 4. The SMILES string of the molecule is CC(c1cnccn1)N(CCC(=O)O)C(C)(C)C. The van der Waals surface area contributed by atoms with Crippen LogP contribution in [0.3, 0.4) is 0 Å². The summed E-state index contributed by atoms with van der Waals surface area (Å²) in [6.07, 6.45) is 5.14. The number of rotatable bonds is 5. The predicted molar refractivity (Wildman–Crippen MR) is 69.2 cm³/mol. The Labute approximate surface area is 108 Å². The fourth-order valence-electron chi connectivity index (χ4n) is 2.01. The van der Waals surface area contributed by atoms with Crippen molar-refractivity contribution < 1.29 is 9.90 Å². The van der Waals surface area contributed by atoms with Crippen molar-refractivity contribution in [2.24, 2.45) is 0 Å². The Morgan fingerprint density at radius 1 is 1.44 bits per heavy atom. The van der Waals surface area contributed by atoms with E-state index in [0.29, 0.717) is 6.54 Å². The molecule has 1 aromatic heterocycles. The average Bonchev–Trinajstić information content (AvgIpc) is 2.28. The number of carbonyl (C=O) groups is 1. The molecular formula is C13H21N3O2. The van der Waals surface area contributed by atoms with Crippen LogP contribution in [0.1, 0.15) is 45.9 Å². The van der Waals surface area contributed by atoms with E-state index < -0.39 is 5.97 Å². The quantitative estimate of drug-likeness (QED) is 0.868. The highest BCUT2D eigenvalue weighted by molar-refractivity contribution is 5.66. The number of carboxylic acid groups (broad SMARTS) is 1. The van der Waals surface area contributed by atoms with Crippen LogP contribution >= 0.6 is 0 Å². The summed E-state index contributed by atoms with van der Waals surface area (Å²) in [6.45, 7) is 8.73. The molecule has 0 aliphatic heterocycles. The topological polar surface area (TPSA) is 66.3 Å². The highest BCUT2D eigenvalue weighted by Crippen LogP contribution is 2.26. The van der Waals surface area contributed by atoms with Crippen LogP contribution in [-0.4, -0.2) is 38.0 Å². The Morgan fingerprint density at radius 3 is 2.56 bits per heavy atom. The minimum atomic E-state index is -0.782. The Balaban J connectivity index is 2.86. The van der Waals surface area contributed by atoms with Crippen LogP contribution in [0.5, 0.6) is 0 Å². The first-order valence-electron chi connectivity index (χ1n) is 6.07. The van der Waals surface area contributed by atoms with Gasteiger partial charge in [0.25, 0.3) is 0 Å². The molecule has 5 heteroatoms.